The lowest BCUT2D eigenvalue weighted by Crippen LogP contribution is -2.52. The number of halogens is 1. The molecular formula is C16H19FN2O4. The van der Waals surface area contributed by atoms with Gasteiger partial charge in [0.15, 0.2) is 0 Å². The van der Waals surface area contributed by atoms with Crippen molar-refractivity contribution >= 4 is 17.8 Å². The number of hydrogen-bond acceptors (Lipinski definition) is 3. The minimum Gasteiger partial charge on any atom is -0.480 e. The van der Waals surface area contributed by atoms with Crippen LogP contribution in [0.2, 0.25) is 0 Å². The van der Waals surface area contributed by atoms with E-state index in [1.807, 2.05) is 0 Å². The zero-order valence-electron chi connectivity index (χ0n) is 12.7. The number of nitrogens with one attached hydrogen (secondary N) is 2. The Morgan fingerprint density at radius 2 is 1.83 bits per heavy atom. The summed E-state index contributed by atoms with van der Waals surface area (Å²) in [5, 5.41) is 13.9. The molecule has 0 aliphatic rings. The molecule has 2 atom stereocenters. The molecule has 1 rings (SSSR count). The number of carboxylic acid groups (broad SMARTS) is 1. The number of rotatable bonds is 8. The normalized spacial score (nSPS) is 12.8. The summed E-state index contributed by atoms with van der Waals surface area (Å²) >= 11 is 0. The van der Waals surface area contributed by atoms with E-state index in [-0.39, 0.29) is 12.8 Å². The van der Waals surface area contributed by atoms with Crippen LogP contribution in [0.5, 0.6) is 0 Å². The molecule has 0 bridgehead atoms. The van der Waals surface area contributed by atoms with E-state index in [0.717, 1.165) is 0 Å². The van der Waals surface area contributed by atoms with Crippen LogP contribution in [0.15, 0.2) is 36.9 Å². The Bertz CT molecular complexity index is 586. The summed E-state index contributed by atoms with van der Waals surface area (Å²) in [6.07, 6.45) is 1.56. The number of carboxylic acids is 1. The summed E-state index contributed by atoms with van der Waals surface area (Å²) in [4.78, 5) is 34.6. The molecule has 0 fully saturated rings. The first-order valence-corrected chi connectivity index (χ1v) is 6.99. The molecule has 0 spiro atoms. The summed E-state index contributed by atoms with van der Waals surface area (Å²) in [5.41, 5.74) is 0.635. The van der Waals surface area contributed by atoms with Crippen LogP contribution in [0, 0.1) is 5.82 Å². The van der Waals surface area contributed by atoms with Crippen LogP contribution in [0.1, 0.15) is 18.9 Å². The van der Waals surface area contributed by atoms with Crippen molar-refractivity contribution in [2.45, 2.75) is 31.8 Å². The topological polar surface area (TPSA) is 95.5 Å². The Kier molecular flexibility index (Phi) is 6.92. The van der Waals surface area contributed by atoms with E-state index in [9.17, 15) is 18.8 Å². The van der Waals surface area contributed by atoms with Crippen molar-refractivity contribution in [1.29, 1.82) is 0 Å². The first-order chi connectivity index (χ1) is 10.8. The Labute approximate surface area is 133 Å². The van der Waals surface area contributed by atoms with Crippen molar-refractivity contribution in [1.82, 2.24) is 10.6 Å². The smallest absolute Gasteiger partial charge is 0.326 e. The van der Waals surface area contributed by atoms with E-state index < -0.39 is 35.7 Å². The standard InChI is InChI=1S/C16H19FN2O4/c1-3-4-13(16(22)23)19-15(21)14(18-10(2)20)9-11-5-7-12(17)8-6-11/h3,5-8,13-14H,1,4,9H2,2H3,(H,18,20)(H,19,21)(H,22,23)/t13-,14-/m1/s1. The lowest BCUT2D eigenvalue weighted by atomic mass is 10.0. The molecule has 124 valence electrons. The number of amides is 2. The van der Waals surface area contributed by atoms with Gasteiger partial charge in [-0.15, -0.1) is 6.58 Å². The Balaban J connectivity index is 2.84. The summed E-state index contributed by atoms with van der Waals surface area (Å²) in [7, 11) is 0. The molecule has 0 aromatic heterocycles. The quantitative estimate of drug-likeness (QED) is 0.623. The monoisotopic (exact) mass is 322 g/mol. The highest BCUT2D eigenvalue weighted by atomic mass is 19.1. The van der Waals surface area contributed by atoms with E-state index in [2.05, 4.69) is 17.2 Å². The van der Waals surface area contributed by atoms with Gasteiger partial charge < -0.3 is 15.7 Å². The molecule has 0 aliphatic carbocycles. The maximum atomic E-state index is 12.9. The van der Waals surface area contributed by atoms with Gasteiger partial charge in [0.2, 0.25) is 11.8 Å². The lowest BCUT2D eigenvalue weighted by Gasteiger charge is -2.20. The summed E-state index contributed by atoms with van der Waals surface area (Å²) in [5.74, 6) is -2.66. The molecule has 0 unspecified atom stereocenters. The molecule has 2 amide bonds. The van der Waals surface area contributed by atoms with Gasteiger partial charge in [-0.2, -0.15) is 0 Å². The summed E-state index contributed by atoms with van der Waals surface area (Å²) in [6.45, 7) is 4.69. The maximum Gasteiger partial charge on any atom is 0.326 e. The van der Waals surface area contributed by atoms with Crippen LogP contribution in [0.4, 0.5) is 4.39 Å². The molecule has 1 aromatic carbocycles. The zero-order chi connectivity index (χ0) is 17.4. The van der Waals surface area contributed by atoms with E-state index in [1.54, 1.807) is 0 Å². The minimum absolute atomic E-state index is 0.0599. The van der Waals surface area contributed by atoms with Gasteiger partial charge in [-0.3, -0.25) is 9.59 Å². The number of hydrogen-bond donors (Lipinski definition) is 3. The summed E-state index contributed by atoms with van der Waals surface area (Å²) in [6, 6.07) is 3.41. The second-order valence-corrected chi connectivity index (χ2v) is 5.01. The fraction of sp³-hybridized carbons (Fsp3) is 0.312. The molecule has 1 aromatic rings. The number of carbonyl (C=O) groups excluding carboxylic acids is 2. The highest BCUT2D eigenvalue weighted by Gasteiger charge is 2.25. The van der Waals surface area contributed by atoms with E-state index in [0.29, 0.717) is 5.56 Å². The highest BCUT2D eigenvalue weighted by molar-refractivity contribution is 5.90. The zero-order valence-corrected chi connectivity index (χ0v) is 12.7. The number of aliphatic carboxylic acids is 1. The predicted octanol–water partition coefficient (Wildman–Crippen LogP) is 1.02. The van der Waals surface area contributed by atoms with Gasteiger partial charge >= 0.3 is 5.97 Å². The van der Waals surface area contributed by atoms with Gasteiger partial charge in [-0.1, -0.05) is 18.2 Å². The van der Waals surface area contributed by atoms with Crippen molar-refractivity contribution in [2.24, 2.45) is 0 Å². The van der Waals surface area contributed by atoms with Gasteiger partial charge in [0.05, 0.1) is 0 Å². The predicted molar refractivity (Wildman–Crippen MR) is 82.1 cm³/mol. The Hall–Kier alpha value is -2.70. The first kappa shape index (κ1) is 18.3. The van der Waals surface area contributed by atoms with Crippen LogP contribution in [-0.4, -0.2) is 35.0 Å². The average molecular weight is 322 g/mol. The fourth-order valence-corrected chi connectivity index (χ4v) is 1.97. The Morgan fingerprint density at radius 1 is 1.22 bits per heavy atom. The third-order valence-electron chi connectivity index (χ3n) is 3.06. The minimum atomic E-state index is -1.19. The van der Waals surface area contributed by atoms with Crippen LogP contribution in [0.3, 0.4) is 0 Å². The lowest BCUT2D eigenvalue weighted by molar-refractivity contribution is -0.142. The summed E-state index contributed by atoms with van der Waals surface area (Å²) < 4.78 is 12.9. The molecule has 0 heterocycles. The van der Waals surface area contributed by atoms with Crippen molar-refractivity contribution in [2.75, 3.05) is 0 Å². The molecule has 23 heavy (non-hydrogen) atoms. The Morgan fingerprint density at radius 3 is 2.30 bits per heavy atom. The van der Waals surface area contributed by atoms with E-state index >= 15 is 0 Å². The third kappa shape index (κ3) is 6.29. The number of carbonyl (C=O) groups is 3. The molecule has 0 saturated carbocycles. The molecule has 7 heteroatoms. The third-order valence-corrected chi connectivity index (χ3v) is 3.06. The SMILES string of the molecule is C=CC[C@@H](NC(=O)[C@@H](Cc1ccc(F)cc1)NC(C)=O)C(=O)O. The van der Waals surface area contributed by atoms with E-state index in [1.165, 1.54) is 37.3 Å². The van der Waals surface area contributed by atoms with Gasteiger partial charge in [0, 0.05) is 13.3 Å². The van der Waals surface area contributed by atoms with Gasteiger partial charge in [-0.25, -0.2) is 9.18 Å². The van der Waals surface area contributed by atoms with Crippen molar-refractivity contribution in [3.05, 3.63) is 48.3 Å². The molecule has 0 aliphatic heterocycles. The first-order valence-electron chi connectivity index (χ1n) is 6.99. The van der Waals surface area contributed by atoms with Gasteiger partial charge in [-0.05, 0) is 24.1 Å². The van der Waals surface area contributed by atoms with Gasteiger partial charge in [0.1, 0.15) is 17.9 Å². The van der Waals surface area contributed by atoms with Gasteiger partial charge in [0.25, 0.3) is 0 Å². The van der Waals surface area contributed by atoms with Crippen LogP contribution >= 0.6 is 0 Å². The second-order valence-electron chi connectivity index (χ2n) is 5.01. The molecule has 6 nitrogen and oxygen atoms in total. The van der Waals surface area contributed by atoms with Crippen LogP contribution in [0.25, 0.3) is 0 Å². The van der Waals surface area contributed by atoms with Crippen LogP contribution in [-0.2, 0) is 20.8 Å². The fourth-order valence-electron chi connectivity index (χ4n) is 1.97. The van der Waals surface area contributed by atoms with E-state index in [4.69, 9.17) is 5.11 Å². The maximum absolute atomic E-state index is 12.9. The van der Waals surface area contributed by atoms with Crippen LogP contribution < -0.4 is 10.6 Å². The molecule has 0 saturated heterocycles. The average Bonchev–Trinajstić information content (AvgIpc) is 2.47. The molecule has 3 N–H and O–H groups in total. The largest absolute Gasteiger partial charge is 0.480 e. The molecule has 0 radical (unpaired) electrons. The molecular weight excluding hydrogens is 303 g/mol. The second kappa shape index (κ2) is 8.67. The number of benzene rings is 1. The van der Waals surface area contributed by atoms with Crippen molar-refractivity contribution in [3.8, 4) is 0 Å². The van der Waals surface area contributed by atoms with Crippen molar-refractivity contribution in [3.63, 3.8) is 0 Å². The highest BCUT2D eigenvalue weighted by Crippen LogP contribution is 2.07. The van der Waals surface area contributed by atoms with Crippen molar-refractivity contribution < 1.29 is 23.9 Å².